The van der Waals surface area contributed by atoms with Crippen molar-refractivity contribution in [3.63, 3.8) is 0 Å². The fourth-order valence-corrected chi connectivity index (χ4v) is 4.94. The molecular formula is C23H23F3N2O3S. The molecule has 0 aromatic heterocycles. The zero-order chi connectivity index (χ0) is 23.2. The predicted octanol–water partition coefficient (Wildman–Crippen LogP) is 4.05. The van der Waals surface area contributed by atoms with Crippen molar-refractivity contribution in [1.82, 2.24) is 9.62 Å². The topological polar surface area (TPSA) is 66.5 Å². The second kappa shape index (κ2) is 10.2. The van der Waals surface area contributed by atoms with E-state index in [2.05, 4.69) is 17.2 Å². The maximum absolute atomic E-state index is 12.9. The van der Waals surface area contributed by atoms with Crippen molar-refractivity contribution in [3.8, 4) is 11.8 Å². The van der Waals surface area contributed by atoms with Gasteiger partial charge in [-0.15, -0.1) is 0 Å². The molecule has 1 saturated heterocycles. The Kier molecular flexibility index (Phi) is 7.59. The summed E-state index contributed by atoms with van der Waals surface area (Å²) in [5, 5.41) is 2.54. The highest BCUT2D eigenvalue weighted by Crippen LogP contribution is 2.29. The Balaban J connectivity index is 1.65. The number of hydrogen-bond donors (Lipinski definition) is 1. The number of nitrogens with one attached hydrogen (secondary N) is 1. The molecule has 1 aliphatic heterocycles. The molecule has 1 fully saturated rings. The second-order valence-corrected chi connectivity index (χ2v) is 9.35. The fourth-order valence-electron chi connectivity index (χ4n) is 3.37. The molecule has 1 amide bonds. The normalized spacial score (nSPS) is 15.3. The first-order valence-corrected chi connectivity index (χ1v) is 11.7. The molecule has 1 N–H and O–H groups in total. The molecule has 0 atom stereocenters. The van der Waals surface area contributed by atoms with E-state index in [9.17, 15) is 26.4 Å². The van der Waals surface area contributed by atoms with Gasteiger partial charge in [0, 0.05) is 24.2 Å². The van der Waals surface area contributed by atoms with Gasteiger partial charge in [-0.25, -0.2) is 8.42 Å². The van der Waals surface area contributed by atoms with Gasteiger partial charge in [-0.05, 0) is 49.2 Å². The summed E-state index contributed by atoms with van der Waals surface area (Å²) in [7, 11) is -3.69. The summed E-state index contributed by atoms with van der Waals surface area (Å²) >= 11 is 0. The van der Waals surface area contributed by atoms with E-state index in [1.54, 1.807) is 0 Å². The van der Waals surface area contributed by atoms with Gasteiger partial charge >= 0.3 is 6.18 Å². The summed E-state index contributed by atoms with van der Waals surface area (Å²) < 4.78 is 65.6. The summed E-state index contributed by atoms with van der Waals surface area (Å²) in [6.45, 7) is 0.825. The Morgan fingerprint density at radius 3 is 2.38 bits per heavy atom. The smallest absolute Gasteiger partial charge is 0.341 e. The molecule has 0 bridgehead atoms. The number of hydrogen-bond acceptors (Lipinski definition) is 3. The van der Waals surface area contributed by atoms with Crippen molar-refractivity contribution in [2.75, 3.05) is 19.6 Å². The first kappa shape index (κ1) is 23.8. The third kappa shape index (κ3) is 6.11. The van der Waals surface area contributed by atoms with Crippen LogP contribution in [0.5, 0.6) is 0 Å². The van der Waals surface area contributed by atoms with E-state index < -0.39 is 27.7 Å². The van der Waals surface area contributed by atoms with Crippen LogP contribution in [0, 0.1) is 11.8 Å². The molecule has 3 rings (SSSR count). The lowest BCUT2D eigenvalue weighted by Gasteiger charge is -2.20. The van der Waals surface area contributed by atoms with Crippen LogP contribution in [0.4, 0.5) is 13.2 Å². The standard InChI is InChI=1S/C23H23F3N2O3S/c24-23(25,26)20-11-5-8-18(16-20)9-7-13-27-22(29)19-10-6-12-21(17-19)32(30,31)28-14-3-1-2-4-15-28/h5-6,8,10-12,16-17H,1-4,13-15H2,(H,27,29). The van der Waals surface area contributed by atoms with Crippen LogP contribution in [-0.4, -0.2) is 38.3 Å². The lowest BCUT2D eigenvalue weighted by molar-refractivity contribution is -0.137. The molecule has 5 nitrogen and oxygen atoms in total. The SMILES string of the molecule is O=C(NCC#Cc1cccc(C(F)(F)F)c1)c1cccc(S(=O)(=O)N2CCCCCC2)c1. The Labute approximate surface area is 185 Å². The van der Waals surface area contributed by atoms with Gasteiger partial charge in [-0.2, -0.15) is 17.5 Å². The molecular weight excluding hydrogens is 441 g/mol. The number of halogens is 3. The van der Waals surface area contributed by atoms with E-state index in [4.69, 9.17) is 0 Å². The van der Waals surface area contributed by atoms with Crippen molar-refractivity contribution < 1.29 is 26.4 Å². The average Bonchev–Trinajstić information content (AvgIpc) is 3.06. The lowest BCUT2D eigenvalue weighted by atomic mass is 10.1. The van der Waals surface area contributed by atoms with Gasteiger partial charge in [0.15, 0.2) is 0 Å². The summed E-state index contributed by atoms with van der Waals surface area (Å²) in [5.74, 6) is 4.67. The zero-order valence-corrected chi connectivity index (χ0v) is 18.1. The summed E-state index contributed by atoms with van der Waals surface area (Å²) in [4.78, 5) is 12.5. The van der Waals surface area contributed by atoms with Crippen molar-refractivity contribution in [1.29, 1.82) is 0 Å². The fraction of sp³-hybridized carbons (Fsp3) is 0.348. The van der Waals surface area contributed by atoms with Crippen LogP contribution in [0.2, 0.25) is 0 Å². The number of amides is 1. The molecule has 0 spiro atoms. The van der Waals surface area contributed by atoms with E-state index in [0.717, 1.165) is 37.8 Å². The maximum atomic E-state index is 12.9. The number of nitrogens with zero attached hydrogens (tertiary/aromatic N) is 1. The molecule has 9 heteroatoms. The van der Waals surface area contributed by atoms with Gasteiger partial charge < -0.3 is 5.32 Å². The largest absolute Gasteiger partial charge is 0.416 e. The van der Waals surface area contributed by atoms with Crippen LogP contribution in [0.1, 0.15) is 47.2 Å². The molecule has 0 saturated carbocycles. The highest BCUT2D eigenvalue weighted by molar-refractivity contribution is 7.89. The van der Waals surface area contributed by atoms with Crippen LogP contribution in [0.3, 0.4) is 0 Å². The van der Waals surface area contributed by atoms with E-state index in [-0.39, 0.29) is 22.6 Å². The predicted molar refractivity (Wildman–Crippen MR) is 114 cm³/mol. The Hall–Kier alpha value is -2.83. The van der Waals surface area contributed by atoms with Crippen LogP contribution >= 0.6 is 0 Å². The molecule has 0 radical (unpaired) electrons. The van der Waals surface area contributed by atoms with Crippen LogP contribution in [0.15, 0.2) is 53.4 Å². The highest BCUT2D eigenvalue weighted by Gasteiger charge is 2.30. The highest BCUT2D eigenvalue weighted by atomic mass is 32.2. The zero-order valence-electron chi connectivity index (χ0n) is 17.3. The molecule has 0 aliphatic carbocycles. The quantitative estimate of drug-likeness (QED) is 0.695. The number of rotatable bonds is 4. The van der Waals surface area contributed by atoms with Crippen molar-refractivity contribution in [3.05, 3.63) is 65.2 Å². The van der Waals surface area contributed by atoms with Gasteiger partial charge in [0.25, 0.3) is 5.91 Å². The minimum Gasteiger partial charge on any atom is -0.341 e. The lowest BCUT2D eigenvalue weighted by Crippen LogP contribution is -2.32. The molecule has 1 aliphatic rings. The summed E-state index contributed by atoms with van der Waals surface area (Å²) in [5.41, 5.74) is -0.447. The Morgan fingerprint density at radius 2 is 1.69 bits per heavy atom. The van der Waals surface area contributed by atoms with Crippen LogP contribution in [-0.2, 0) is 16.2 Å². The number of benzene rings is 2. The van der Waals surface area contributed by atoms with Crippen LogP contribution in [0.25, 0.3) is 0 Å². The number of sulfonamides is 1. The van der Waals surface area contributed by atoms with Gasteiger partial charge in [-0.3, -0.25) is 4.79 Å². The van der Waals surface area contributed by atoms with E-state index in [1.807, 2.05) is 0 Å². The van der Waals surface area contributed by atoms with Gasteiger partial charge in [0.2, 0.25) is 10.0 Å². The van der Waals surface area contributed by atoms with Crippen LogP contribution < -0.4 is 5.32 Å². The molecule has 2 aromatic rings. The van der Waals surface area contributed by atoms with E-state index in [0.29, 0.717) is 13.1 Å². The van der Waals surface area contributed by atoms with Crippen molar-refractivity contribution in [2.45, 2.75) is 36.8 Å². The first-order chi connectivity index (χ1) is 15.2. The molecule has 170 valence electrons. The van der Waals surface area contributed by atoms with Crippen molar-refractivity contribution >= 4 is 15.9 Å². The average molecular weight is 465 g/mol. The van der Waals surface area contributed by atoms with Gasteiger partial charge in [-0.1, -0.05) is 36.8 Å². The third-order valence-corrected chi connectivity index (χ3v) is 6.95. The Morgan fingerprint density at radius 1 is 1.00 bits per heavy atom. The monoisotopic (exact) mass is 464 g/mol. The minimum absolute atomic E-state index is 0.0575. The Bertz CT molecular complexity index is 1130. The molecule has 2 aromatic carbocycles. The summed E-state index contributed by atoms with van der Waals surface area (Å²) in [6, 6.07) is 10.4. The number of carbonyl (C=O) groups is 1. The maximum Gasteiger partial charge on any atom is 0.416 e. The van der Waals surface area contributed by atoms with Crippen molar-refractivity contribution in [2.24, 2.45) is 0 Å². The second-order valence-electron chi connectivity index (χ2n) is 7.41. The molecule has 1 heterocycles. The van der Waals surface area contributed by atoms with E-state index >= 15 is 0 Å². The minimum atomic E-state index is -4.45. The first-order valence-electron chi connectivity index (χ1n) is 10.2. The molecule has 32 heavy (non-hydrogen) atoms. The summed E-state index contributed by atoms with van der Waals surface area (Å²) in [6.07, 6.45) is -0.843. The van der Waals surface area contributed by atoms with E-state index in [1.165, 1.54) is 40.7 Å². The molecule has 0 unspecified atom stereocenters. The third-order valence-electron chi connectivity index (χ3n) is 5.06. The van der Waals surface area contributed by atoms with Gasteiger partial charge in [0.05, 0.1) is 17.0 Å². The number of alkyl halides is 3. The number of carbonyl (C=O) groups excluding carboxylic acids is 1. The van der Waals surface area contributed by atoms with Gasteiger partial charge in [0.1, 0.15) is 0 Å².